The van der Waals surface area contributed by atoms with Crippen LogP contribution in [0.3, 0.4) is 0 Å². The Labute approximate surface area is 93.4 Å². The second-order valence-electron chi connectivity index (χ2n) is 3.11. The predicted octanol–water partition coefficient (Wildman–Crippen LogP) is 2.19. The molecule has 3 nitrogen and oxygen atoms in total. The molecular formula is C11H14O3S. The highest BCUT2D eigenvalue weighted by Crippen LogP contribution is 2.12. The smallest absolute Gasteiger partial charge is 0.313 e. The van der Waals surface area contributed by atoms with Crippen molar-refractivity contribution in [1.82, 2.24) is 0 Å². The van der Waals surface area contributed by atoms with E-state index in [9.17, 15) is 4.79 Å². The molecule has 1 rings (SSSR count). The molecule has 0 radical (unpaired) electrons. The summed E-state index contributed by atoms with van der Waals surface area (Å²) in [6, 6.07) is 7.80. The van der Waals surface area contributed by atoms with Gasteiger partial charge in [0.25, 0.3) is 0 Å². The van der Waals surface area contributed by atoms with Crippen LogP contribution in [0.1, 0.15) is 5.56 Å². The predicted molar refractivity (Wildman–Crippen MR) is 61.6 cm³/mol. The zero-order valence-electron chi connectivity index (χ0n) is 8.60. The summed E-state index contributed by atoms with van der Waals surface area (Å²) < 4.78 is 5.45. The van der Waals surface area contributed by atoms with Crippen LogP contribution in [0.4, 0.5) is 0 Å². The average molecular weight is 226 g/mol. The van der Waals surface area contributed by atoms with E-state index in [-0.39, 0.29) is 5.75 Å². The highest BCUT2D eigenvalue weighted by Gasteiger charge is 1.97. The molecule has 1 aromatic rings. The van der Waals surface area contributed by atoms with Gasteiger partial charge in [-0.05, 0) is 24.6 Å². The first kappa shape index (κ1) is 11.9. The van der Waals surface area contributed by atoms with Crippen molar-refractivity contribution in [3.05, 3.63) is 29.8 Å². The monoisotopic (exact) mass is 226 g/mol. The Bertz CT molecular complexity index is 325. The molecule has 0 aliphatic heterocycles. The molecule has 0 spiro atoms. The number of ether oxygens (including phenoxy) is 1. The third-order valence-electron chi connectivity index (χ3n) is 1.71. The van der Waals surface area contributed by atoms with Crippen LogP contribution in [0.25, 0.3) is 0 Å². The molecule has 0 atom stereocenters. The highest BCUT2D eigenvalue weighted by atomic mass is 32.2. The second-order valence-corrected chi connectivity index (χ2v) is 4.22. The molecule has 0 aromatic heterocycles. The molecule has 15 heavy (non-hydrogen) atoms. The molecule has 0 fully saturated rings. The van der Waals surface area contributed by atoms with Crippen LogP contribution >= 0.6 is 11.8 Å². The fourth-order valence-electron chi connectivity index (χ4n) is 1.08. The van der Waals surface area contributed by atoms with E-state index < -0.39 is 5.97 Å². The summed E-state index contributed by atoms with van der Waals surface area (Å²) >= 11 is 1.36. The molecule has 0 heterocycles. The van der Waals surface area contributed by atoms with Crippen molar-refractivity contribution in [2.24, 2.45) is 0 Å². The van der Waals surface area contributed by atoms with E-state index in [1.807, 2.05) is 31.2 Å². The van der Waals surface area contributed by atoms with Crippen LogP contribution in [-0.2, 0) is 4.79 Å². The molecule has 82 valence electrons. The zero-order chi connectivity index (χ0) is 11.1. The van der Waals surface area contributed by atoms with Gasteiger partial charge in [0.05, 0.1) is 12.4 Å². The molecule has 0 amide bonds. The lowest BCUT2D eigenvalue weighted by molar-refractivity contribution is -0.133. The lowest BCUT2D eigenvalue weighted by atomic mass is 10.2. The number of carboxylic acids is 1. The molecule has 0 saturated heterocycles. The van der Waals surface area contributed by atoms with E-state index in [0.29, 0.717) is 12.4 Å². The molecule has 0 aliphatic carbocycles. The lowest BCUT2D eigenvalue weighted by Crippen LogP contribution is -2.04. The van der Waals surface area contributed by atoms with Gasteiger partial charge in [-0.1, -0.05) is 12.1 Å². The highest BCUT2D eigenvalue weighted by molar-refractivity contribution is 7.99. The Balaban J connectivity index is 2.17. The van der Waals surface area contributed by atoms with Gasteiger partial charge in [-0.2, -0.15) is 0 Å². The summed E-state index contributed by atoms with van der Waals surface area (Å²) in [7, 11) is 0. The van der Waals surface area contributed by atoms with E-state index >= 15 is 0 Å². The fraction of sp³-hybridized carbons (Fsp3) is 0.364. The molecule has 0 saturated carbocycles. The molecule has 0 unspecified atom stereocenters. The van der Waals surface area contributed by atoms with Gasteiger partial charge in [0.15, 0.2) is 0 Å². The van der Waals surface area contributed by atoms with Crippen LogP contribution < -0.4 is 4.74 Å². The van der Waals surface area contributed by atoms with Crippen molar-refractivity contribution in [2.75, 3.05) is 18.1 Å². The van der Waals surface area contributed by atoms with Crippen LogP contribution in [-0.4, -0.2) is 29.2 Å². The van der Waals surface area contributed by atoms with Crippen molar-refractivity contribution >= 4 is 17.7 Å². The summed E-state index contributed by atoms with van der Waals surface area (Å²) in [4.78, 5) is 10.2. The van der Waals surface area contributed by atoms with Gasteiger partial charge >= 0.3 is 5.97 Å². The van der Waals surface area contributed by atoms with Gasteiger partial charge in [0, 0.05) is 5.75 Å². The number of carbonyl (C=O) groups is 1. The number of hydrogen-bond donors (Lipinski definition) is 1. The standard InChI is InChI=1S/C11H14O3S/c1-9-3-2-4-10(7-9)14-5-6-15-8-11(12)13/h2-4,7H,5-6,8H2,1H3,(H,12,13). The maximum Gasteiger partial charge on any atom is 0.313 e. The largest absolute Gasteiger partial charge is 0.493 e. The van der Waals surface area contributed by atoms with Crippen molar-refractivity contribution in [3.63, 3.8) is 0 Å². The van der Waals surface area contributed by atoms with Gasteiger partial charge in [0.1, 0.15) is 5.75 Å². The van der Waals surface area contributed by atoms with Gasteiger partial charge < -0.3 is 9.84 Å². The van der Waals surface area contributed by atoms with E-state index in [1.165, 1.54) is 11.8 Å². The minimum absolute atomic E-state index is 0.136. The molecular weight excluding hydrogens is 212 g/mol. The van der Waals surface area contributed by atoms with Gasteiger partial charge in [-0.3, -0.25) is 4.79 Å². The average Bonchev–Trinajstić information content (AvgIpc) is 2.17. The summed E-state index contributed by atoms with van der Waals surface area (Å²) in [5, 5.41) is 8.40. The van der Waals surface area contributed by atoms with Crippen molar-refractivity contribution in [3.8, 4) is 5.75 Å². The fourth-order valence-corrected chi connectivity index (χ4v) is 1.60. The Morgan fingerprint density at radius 1 is 1.53 bits per heavy atom. The third-order valence-corrected chi connectivity index (χ3v) is 2.62. The topological polar surface area (TPSA) is 46.5 Å². The zero-order valence-corrected chi connectivity index (χ0v) is 9.42. The SMILES string of the molecule is Cc1cccc(OCCSCC(=O)O)c1. The molecule has 1 aromatic carbocycles. The Morgan fingerprint density at radius 2 is 2.33 bits per heavy atom. The summed E-state index contributed by atoms with van der Waals surface area (Å²) in [6.45, 7) is 2.55. The number of aryl methyl sites for hydroxylation is 1. The maximum atomic E-state index is 10.2. The third kappa shape index (κ3) is 5.32. The first-order valence-electron chi connectivity index (χ1n) is 4.67. The first-order valence-corrected chi connectivity index (χ1v) is 5.83. The Morgan fingerprint density at radius 3 is 3.00 bits per heavy atom. The molecule has 1 N–H and O–H groups in total. The van der Waals surface area contributed by atoms with Gasteiger partial charge in [0.2, 0.25) is 0 Å². The quantitative estimate of drug-likeness (QED) is 0.755. The first-order chi connectivity index (χ1) is 7.18. The van der Waals surface area contributed by atoms with Crippen LogP contribution in [0.2, 0.25) is 0 Å². The Hall–Kier alpha value is -1.16. The maximum absolute atomic E-state index is 10.2. The number of hydrogen-bond acceptors (Lipinski definition) is 3. The second kappa shape index (κ2) is 6.35. The van der Waals surface area contributed by atoms with Crippen LogP contribution in [0.15, 0.2) is 24.3 Å². The van der Waals surface area contributed by atoms with Crippen LogP contribution in [0.5, 0.6) is 5.75 Å². The van der Waals surface area contributed by atoms with E-state index in [4.69, 9.17) is 9.84 Å². The minimum atomic E-state index is -0.782. The Kier molecular flexibility index (Phi) is 5.04. The lowest BCUT2D eigenvalue weighted by Gasteiger charge is -2.05. The van der Waals surface area contributed by atoms with Crippen molar-refractivity contribution in [1.29, 1.82) is 0 Å². The van der Waals surface area contributed by atoms with Crippen molar-refractivity contribution in [2.45, 2.75) is 6.92 Å². The number of carboxylic acid groups (broad SMARTS) is 1. The summed E-state index contributed by atoms with van der Waals surface area (Å²) in [6.07, 6.45) is 0. The minimum Gasteiger partial charge on any atom is -0.493 e. The van der Waals surface area contributed by atoms with Crippen LogP contribution in [0, 0.1) is 6.92 Å². The molecule has 4 heteroatoms. The molecule has 0 bridgehead atoms. The normalized spacial score (nSPS) is 9.93. The number of aliphatic carboxylic acids is 1. The summed E-state index contributed by atoms with van der Waals surface area (Å²) in [5.74, 6) is 0.888. The van der Waals surface area contributed by atoms with E-state index in [1.54, 1.807) is 0 Å². The number of thioether (sulfide) groups is 1. The summed E-state index contributed by atoms with van der Waals surface area (Å²) in [5.41, 5.74) is 1.16. The molecule has 0 aliphatic rings. The van der Waals surface area contributed by atoms with E-state index in [0.717, 1.165) is 11.3 Å². The van der Waals surface area contributed by atoms with E-state index in [2.05, 4.69) is 0 Å². The number of benzene rings is 1. The van der Waals surface area contributed by atoms with Gasteiger partial charge in [-0.15, -0.1) is 11.8 Å². The number of rotatable bonds is 6. The van der Waals surface area contributed by atoms with Crippen molar-refractivity contribution < 1.29 is 14.6 Å². The van der Waals surface area contributed by atoms with Gasteiger partial charge in [-0.25, -0.2) is 0 Å².